The fraction of sp³-hybridized carbons (Fsp3) is 0.565. The predicted molar refractivity (Wildman–Crippen MR) is 115 cm³/mol. The first-order valence-corrected chi connectivity index (χ1v) is 11.4. The van der Waals surface area contributed by atoms with Gasteiger partial charge in [0, 0.05) is 24.2 Å². The molecular formula is C23H30N6O2. The third-order valence-corrected chi connectivity index (χ3v) is 7.15. The van der Waals surface area contributed by atoms with Crippen LogP contribution < -0.4 is 16.0 Å². The molecule has 1 aromatic carbocycles. The summed E-state index contributed by atoms with van der Waals surface area (Å²) in [5.74, 6) is 2.89. The molecule has 8 heteroatoms. The molecular weight excluding hydrogens is 392 g/mol. The van der Waals surface area contributed by atoms with Crippen LogP contribution in [0.15, 0.2) is 36.7 Å². The Labute approximate surface area is 182 Å². The first-order valence-electron chi connectivity index (χ1n) is 11.4. The average Bonchev–Trinajstić information content (AvgIpc) is 3.20. The third-order valence-electron chi connectivity index (χ3n) is 7.15. The van der Waals surface area contributed by atoms with Crippen molar-refractivity contribution >= 4 is 11.9 Å². The Morgan fingerprint density at radius 2 is 1.68 bits per heavy atom. The summed E-state index contributed by atoms with van der Waals surface area (Å²) < 4.78 is 1.84. The molecule has 6 rings (SSSR count). The molecule has 8 nitrogen and oxygen atoms in total. The van der Waals surface area contributed by atoms with Crippen molar-refractivity contribution in [3.8, 4) is 5.69 Å². The van der Waals surface area contributed by atoms with Crippen LogP contribution >= 0.6 is 0 Å². The van der Waals surface area contributed by atoms with Crippen LogP contribution in [-0.2, 0) is 11.3 Å². The van der Waals surface area contributed by atoms with Gasteiger partial charge in [0.25, 0.3) is 0 Å². The summed E-state index contributed by atoms with van der Waals surface area (Å²) in [7, 11) is 0. The number of hydrogen-bond donors (Lipinski definition) is 3. The number of aromatic nitrogens is 3. The Morgan fingerprint density at radius 1 is 1.00 bits per heavy atom. The van der Waals surface area contributed by atoms with Gasteiger partial charge in [0.05, 0.1) is 6.54 Å². The molecule has 4 fully saturated rings. The Balaban J connectivity index is 1.05. The van der Waals surface area contributed by atoms with Crippen LogP contribution in [0.3, 0.4) is 0 Å². The van der Waals surface area contributed by atoms with Gasteiger partial charge < -0.3 is 16.0 Å². The van der Waals surface area contributed by atoms with Gasteiger partial charge in [-0.15, -0.1) is 10.2 Å². The van der Waals surface area contributed by atoms with E-state index in [0.29, 0.717) is 12.4 Å². The molecule has 0 spiro atoms. The van der Waals surface area contributed by atoms with E-state index in [4.69, 9.17) is 0 Å². The van der Waals surface area contributed by atoms with Crippen molar-refractivity contribution in [2.75, 3.05) is 6.54 Å². The van der Waals surface area contributed by atoms with Crippen molar-refractivity contribution in [1.29, 1.82) is 0 Å². The Morgan fingerprint density at radius 3 is 2.35 bits per heavy atom. The summed E-state index contributed by atoms with van der Waals surface area (Å²) in [5, 5.41) is 17.1. The Kier molecular flexibility index (Phi) is 5.38. The number of urea groups is 1. The monoisotopic (exact) mass is 422 g/mol. The SMILES string of the molecule is O=C(CCNC(=O)NC12CC3CC(CC(C3)C1)C2)NCc1nncn1-c1ccccc1. The van der Waals surface area contributed by atoms with Gasteiger partial charge in [-0.2, -0.15) is 0 Å². The van der Waals surface area contributed by atoms with Gasteiger partial charge in [-0.05, 0) is 68.4 Å². The Hall–Kier alpha value is -2.90. The van der Waals surface area contributed by atoms with Crippen LogP contribution in [0.25, 0.3) is 5.69 Å². The topological polar surface area (TPSA) is 101 Å². The second kappa shape index (κ2) is 8.32. The lowest BCUT2D eigenvalue weighted by atomic mass is 9.53. The summed E-state index contributed by atoms with van der Waals surface area (Å²) >= 11 is 0. The molecule has 0 atom stereocenters. The molecule has 0 radical (unpaired) electrons. The van der Waals surface area contributed by atoms with Crippen LogP contribution in [0, 0.1) is 17.8 Å². The summed E-state index contributed by atoms with van der Waals surface area (Å²) in [5.41, 5.74) is 0.933. The van der Waals surface area contributed by atoms with Crippen molar-refractivity contribution in [3.63, 3.8) is 0 Å². The lowest BCUT2D eigenvalue weighted by Crippen LogP contribution is -2.61. The zero-order valence-corrected chi connectivity index (χ0v) is 17.7. The van der Waals surface area contributed by atoms with Crippen LogP contribution in [0.2, 0.25) is 0 Å². The van der Waals surface area contributed by atoms with Gasteiger partial charge >= 0.3 is 6.03 Å². The van der Waals surface area contributed by atoms with E-state index in [0.717, 1.165) is 42.7 Å². The molecule has 164 valence electrons. The van der Waals surface area contributed by atoms with Gasteiger partial charge in [-0.1, -0.05) is 18.2 Å². The normalized spacial score (nSPS) is 28.3. The van der Waals surface area contributed by atoms with Gasteiger partial charge in [0.1, 0.15) is 6.33 Å². The van der Waals surface area contributed by atoms with E-state index in [-0.39, 0.29) is 30.4 Å². The van der Waals surface area contributed by atoms with Crippen molar-refractivity contribution < 1.29 is 9.59 Å². The number of rotatable bonds is 7. The molecule has 2 aromatic rings. The average molecular weight is 423 g/mol. The fourth-order valence-electron chi connectivity index (χ4n) is 6.29. The summed E-state index contributed by atoms with van der Waals surface area (Å²) in [6.45, 7) is 0.600. The van der Waals surface area contributed by atoms with Crippen molar-refractivity contribution in [3.05, 3.63) is 42.5 Å². The number of carbonyl (C=O) groups is 2. The van der Waals surface area contributed by atoms with E-state index in [1.165, 1.54) is 19.3 Å². The number of nitrogens with one attached hydrogen (secondary N) is 3. The maximum Gasteiger partial charge on any atom is 0.315 e. The number of carbonyl (C=O) groups excluding carboxylic acids is 2. The molecule has 1 heterocycles. The van der Waals surface area contributed by atoms with Crippen LogP contribution in [-0.4, -0.2) is 38.8 Å². The second-order valence-corrected chi connectivity index (χ2v) is 9.56. The van der Waals surface area contributed by atoms with Gasteiger partial charge in [-0.25, -0.2) is 4.79 Å². The van der Waals surface area contributed by atoms with Crippen molar-refractivity contribution in [2.45, 2.75) is 57.0 Å². The van der Waals surface area contributed by atoms with E-state index in [2.05, 4.69) is 26.1 Å². The molecule has 4 bridgehead atoms. The highest BCUT2D eigenvalue weighted by Crippen LogP contribution is 2.55. The predicted octanol–water partition coefficient (Wildman–Crippen LogP) is 2.54. The number of benzene rings is 1. The molecule has 0 unspecified atom stereocenters. The maximum absolute atomic E-state index is 12.5. The summed E-state index contributed by atoms with van der Waals surface area (Å²) in [6.07, 6.45) is 9.27. The van der Waals surface area contributed by atoms with E-state index < -0.39 is 0 Å². The minimum Gasteiger partial charge on any atom is -0.349 e. The molecule has 3 amide bonds. The van der Waals surface area contributed by atoms with E-state index in [1.54, 1.807) is 6.33 Å². The standard InChI is InChI=1S/C23H30N6O2/c30-21(25-14-20-28-26-15-29(20)19-4-2-1-3-5-19)6-7-24-22(31)27-23-11-16-8-17(12-23)10-18(9-16)13-23/h1-5,15-18H,6-14H2,(H,25,30)(H2,24,27,31). The molecule has 4 aliphatic carbocycles. The highest BCUT2D eigenvalue weighted by atomic mass is 16.2. The summed E-state index contributed by atoms with van der Waals surface area (Å²) in [6, 6.07) is 9.61. The van der Waals surface area contributed by atoms with Crippen molar-refractivity contribution in [2.24, 2.45) is 17.8 Å². The maximum atomic E-state index is 12.5. The molecule has 4 saturated carbocycles. The molecule has 3 N–H and O–H groups in total. The number of amides is 3. The number of para-hydroxylation sites is 1. The molecule has 4 aliphatic rings. The largest absolute Gasteiger partial charge is 0.349 e. The van der Waals surface area contributed by atoms with Gasteiger partial charge in [0.2, 0.25) is 5.91 Å². The van der Waals surface area contributed by atoms with Crippen LogP contribution in [0.1, 0.15) is 50.8 Å². The quantitative estimate of drug-likeness (QED) is 0.638. The molecule has 31 heavy (non-hydrogen) atoms. The summed E-state index contributed by atoms with van der Waals surface area (Å²) in [4.78, 5) is 24.7. The van der Waals surface area contributed by atoms with Gasteiger partial charge in [0.15, 0.2) is 5.82 Å². The fourth-order valence-corrected chi connectivity index (χ4v) is 6.29. The van der Waals surface area contributed by atoms with Gasteiger partial charge in [-0.3, -0.25) is 9.36 Å². The minimum absolute atomic E-state index is 0.0113. The van der Waals surface area contributed by atoms with E-state index in [9.17, 15) is 9.59 Å². The third kappa shape index (κ3) is 4.43. The van der Waals surface area contributed by atoms with Crippen LogP contribution in [0.5, 0.6) is 0 Å². The number of nitrogens with zero attached hydrogens (tertiary/aromatic N) is 3. The lowest BCUT2D eigenvalue weighted by molar-refractivity contribution is -0.121. The smallest absolute Gasteiger partial charge is 0.315 e. The van der Waals surface area contributed by atoms with Crippen LogP contribution in [0.4, 0.5) is 4.79 Å². The van der Waals surface area contributed by atoms with E-state index in [1.807, 2.05) is 34.9 Å². The molecule has 0 aliphatic heterocycles. The first-order chi connectivity index (χ1) is 15.1. The lowest BCUT2D eigenvalue weighted by Gasteiger charge is -2.56. The zero-order valence-electron chi connectivity index (χ0n) is 17.7. The van der Waals surface area contributed by atoms with E-state index >= 15 is 0 Å². The second-order valence-electron chi connectivity index (χ2n) is 9.56. The zero-order chi connectivity index (χ0) is 21.3. The van der Waals surface area contributed by atoms with Crippen molar-refractivity contribution in [1.82, 2.24) is 30.7 Å². The number of hydrogen-bond acceptors (Lipinski definition) is 4. The Bertz CT molecular complexity index is 905. The minimum atomic E-state index is -0.140. The molecule has 1 aromatic heterocycles. The first kappa shape index (κ1) is 20.0. The molecule has 0 saturated heterocycles. The highest BCUT2D eigenvalue weighted by molar-refractivity contribution is 5.78. The highest BCUT2D eigenvalue weighted by Gasteiger charge is 2.51.